The molecule has 1 aliphatic carbocycles. The number of fused-ring (bicyclic) bond motifs is 1. The van der Waals surface area contributed by atoms with Gasteiger partial charge in [0, 0.05) is 32.5 Å². The molecule has 0 aromatic heterocycles. The summed E-state index contributed by atoms with van der Waals surface area (Å²) in [5, 5.41) is 2.95. The molecule has 2 amide bonds. The van der Waals surface area contributed by atoms with Gasteiger partial charge in [0.25, 0.3) is 0 Å². The van der Waals surface area contributed by atoms with E-state index in [9.17, 15) is 9.59 Å². The Kier molecular flexibility index (Phi) is 5.69. The number of rotatable bonds is 5. The summed E-state index contributed by atoms with van der Waals surface area (Å²) < 4.78 is 0. The van der Waals surface area contributed by atoms with Crippen molar-refractivity contribution in [2.24, 2.45) is 5.92 Å². The summed E-state index contributed by atoms with van der Waals surface area (Å²) in [5.74, 6) is 0.396. The zero-order chi connectivity index (χ0) is 17.6. The molecule has 3 rings (SSSR count). The van der Waals surface area contributed by atoms with Crippen molar-refractivity contribution in [2.45, 2.75) is 39.2 Å². The van der Waals surface area contributed by atoms with Crippen molar-refractivity contribution >= 4 is 11.8 Å². The summed E-state index contributed by atoms with van der Waals surface area (Å²) in [5.41, 5.74) is 3.82. The molecule has 1 unspecified atom stereocenters. The molecule has 0 saturated carbocycles. The van der Waals surface area contributed by atoms with E-state index in [4.69, 9.17) is 0 Å². The van der Waals surface area contributed by atoms with Crippen LogP contribution in [0.3, 0.4) is 0 Å². The van der Waals surface area contributed by atoms with Crippen molar-refractivity contribution in [3.8, 4) is 0 Å². The Bertz CT molecular complexity index is 706. The van der Waals surface area contributed by atoms with E-state index in [-0.39, 0.29) is 24.7 Å². The molecule has 1 aromatic carbocycles. The van der Waals surface area contributed by atoms with Crippen LogP contribution in [0.4, 0.5) is 0 Å². The minimum atomic E-state index is -0.0366. The van der Waals surface area contributed by atoms with Gasteiger partial charge in [-0.25, -0.2) is 0 Å². The van der Waals surface area contributed by atoms with Crippen LogP contribution < -0.4 is 5.32 Å². The lowest BCUT2D eigenvalue weighted by molar-refractivity contribution is -0.134. The van der Waals surface area contributed by atoms with Crippen LogP contribution in [0, 0.1) is 5.92 Å². The van der Waals surface area contributed by atoms with Crippen LogP contribution in [0.2, 0.25) is 0 Å². The molecule has 25 heavy (non-hydrogen) atoms. The summed E-state index contributed by atoms with van der Waals surface area (Å²) in [7, 11) is 0. The molecule has 0 bridgehead atoms. The first kappa shape index (κ1) is 17.5. The standard InChI is InChI=1S/C21H26N2O2/c1-16-6-8-17(9-7-16)14-22-20(24)10-11-21(25)23-13-12-18-4-2-3-5-19(18)15-23/h2-8,17H,9-15H2,1H3,(H,22,24). The number of carbonyl (C=O) groups excluding carboxylic acids is 2. The van der Waals surface area contributed by atoms with E-state index in [0.29, 0.717) is 19.0 Å². The molecule has 1 aromatic rings. The summed E-state index contributed by atoms with van der Waals surface area (Å²) in [4.78, 5) is 26.3. The first-order valence-electron chi connectivity index (χ1n) is 9.08. The van der Waals surface area contributed by atoms with Crippen LogP contribution in [0.15, 0.2) is 48.1 Å². The molecule has 0 spiro atoms. The number of nitrogens with one attached hydrogen (secondary N) is 1. The second-order valence-corrected chi connectivity index (χ2v) is 6.94. The summed E-state index contributed by atoms with van der Waals surface area (Å²) in [6.07, 6.45) is 8.85. The molecular formula is C21H26N2O2. The first-order chi connectivity index (χ1) is 12.1. The summed E-state index contributed by atoms with van der Waals surface area (Å²) in [6, 6.07) is 8.26. The van der Waals surface area contributed by atoms with Gasteiger partial charge in [0.2, 0.25) is 11.8 Å². The van der Waals surface area contributed by atoms with Crippen molar-refractivity contribution in [1.29, 1.82) is 0 Å². The highest BCUT2D eigenvalue weighted by molar-refractivity contribution is 5.83. The van der Waals surface area contributed by atoms with Crippen molar-refractivity contribution in [2.75, 3.05) is 13.1 Å². The van der Waals surface area contributed by atoms with Crippen LogP contribution in [-0.2, 0) is 22.6 Å². The monoisotopic (exact) mass is 338 g/mol. The molecule has 1 N–H and O–H groups in total. The number of hydrogen-bond donors (Lipinski definition) is 1. The van der Waals surface area contributed by atoms with E-state index in [2.05, 4.69) is 42.6 Å². The SMILES string of the molecule is CC1=CCC(CNC(=O)CCC(=O)N2CCc3ccccc3C2)C=C1. The lowest BCUT2D eigenvalue weighted by Gasteiger charge is -2.29. The average molecular weight is 338 g/mol. The second kappa shape index (κ2) is 8.15. The van der Waals surface area contributed by atoms with Gasteiger partial charge in [-0.1, -0.05) is 48.1 Å². The van der Waals surface area contributed by atoms with Gasteiger partial charge in [0.05, 0.1) is 0 Å². The molecular weight excluding hydrogens is 312 g/mol. The van der Waals surface area contributed by atoms with E-state index in [1.807, 2.05) is 17.0 Å². The quantitative estimate of drug-likeness (QED) is 0.897. The number of amides is 2. The van der Waals surface area contributed by atoms with E-state index in [0.717, 1.165) is 19.4 Å². The second-order valence-electron chi connectivity index (χ2n) is 6.94. The maximum absolute atomic E-state index is 12.4. The zero-order valence-corrected chi connectivity index (χ0v) is 14.8. The van der Waals surface area contributed by atoms with Gasteiger partial charge in [-0.2, -0.15) is 0 Å². The third kappa shape index (κ3) is 4.81. The molecule has 1 aliphatic heterocycles. The Morgan fingerprint density at radius 2 is 2.00 bits per heavy atom. The minimum absolute atomic E-state index is 0.0366. The predicted octanol–water partition coefficient (Wildman–Crippen LogP) is 2.99. The van der Waals surface area contributed by atoms with Gasteiger partial charge in [0.1, 0.15) is 0 Å². The van der Waals surface area contributed by atoms with E-state index >= 15 is 0 Å². The fourth-order valence-electron chi connectivity index (χ4n) is 3.34. The van der Waals surface area contributed by atoms with Crippen molar-refractivity contribution in [3.63, 3.8) is 0 Å². The van der Waals surface area contributed by atoms with Crippen LogP contribution in [-0.4, -0.2) is 29.8 Å². The van der Waals surface area contributed by atoms with Crippen LogP contribution in [0.1, 0.15) is 37.3 Å². The van der Waals surface area contributed by atoms with E-state index < -0.39 is 0 Å². The van der Waals surface area contributed by atoms with Gasteiger partial charge in [-0.15, -0.1) is 0 Å². The number of carbonyl (C=O) groups is 2. The van der Waals surface area contributed by atoms with E-state index in [1.54, 1.807) is 0 Å². The Morgan fingerprint density at radius 1 is 1.20 bits per heavy atom. The highest BCUT2D eigenvalue weighted by atomic mass is 16.2. The lowest BCUT2D eigenvalue weighted by Crippen LogP contribution is -2.37. The summed E-state index contributed by atoms with van der Waals surface area (Å²) >= 11 is 0. The predicted molar refractivity (Wildman–Crippen MR) is 98.8 cm³/mol. The van der Waals surface area contributed by atoms with Gasteiger partial charge in [0.15, 0.2) is 0 Å². The molecule has 1 atom stereocenters. The minimum Gasteiger partial charge on any atom is -0.355 e. The molecule has 2 aliphatic rings. The molecule has 0 radical (unpaired) electrons. The number of benzene rings is 1. The Hall–Kier alpha value is -2.36. The third-order valence-electron chi connectivity index (χ3n) is 4.98. The highest BCUT2D eigenvalue weighted by Crippen LogP contribution is 2.19. The smallest absolute Gasteiger partial charge is 0.223 e. The van der Waals surface area contributed by atoms with Crippen molar-refractivity contribution in [1.82, 2.24) is 10.2 Å². The topological polar surface area (TPSA) is 49.4 Å². The molecule has 0 fully saturated rings. The normalized spacial score (nSPS) is 19.2. The molecule has 4 nitrogen and oxygen atoms in total. The van der Waals surface area contributed by atoms with Crippen molar-refractivity contribution < 1.29 is 9.59 Å². The van der Waals surface area contributed by atoms with Gasteiger partial charge in [-0.3, -0.25) is 9.59 Å². The van der Waals surface area contributed by atoms with Crippen LogP contribution in [0.5, 0.6) is 0 Å². The highest BCUT2D eigenvalue weighted by Gasteiger charge is 2.20. The average Bonchev–Trinajstić information content (AvgIpc) is 2.65. The number of nitrogens with zero attached hydrogens (tertiary/aromatic N) is 1. The van der Waals surface area contributed by atoms with Crippen molar-refractivity contribution in [3.05, 3.63) is 59.2 Å². The fraction of sp³-hybridized carbons (Fsp3) is 0.429. The lowest BCUT2D eigenvalue weighted by atomic mass is 9.97. The summed E-state index contributed by atoms with van der Waals surface area (Å²) in [6.45, 7) is 4.13. The van der Waals surface area contributed by atoms with Crippen LogP contribution >= 0.6 is 0 Å². The van der Waals surface area contributed by atoms with E-state index in [1.165, 1.54) is 16.7 Å². The third-order valence-corrected chi connectivity index (χ3v) is 4.98. The van der Waals surface area contributed by atoms with Gasteiger partial charge in [-0.05, 0) is 36.8 Å². The van der Waals surface area contributed by atoms with Gasteiger partial charge < -0.3 is 10.2 Å². The number of hydrogen-bond acceptors (Lipinski definition) is 2. The maximum Gasteiger partial charge on any atom is 0.223 e. The molecule has 4 heteroatoms. The Balaban J connectivity index is 1.39. The van der Waals surface area contributed by atoms with Gasteiger partial charge >= 0.3 is 0 Å². The fourth-order valence-corrected chi connectivity index (χ4v) is 3.34. The molecule has 1 heterocycles. The van der Waals surface area contributed by atoms with Crippen LogP contribution in [0.25, 0.3) is 0 Å². The Morgan fingerprint density at radius 3 is 2.76 bits per heavy atom. The number of allylic oxidation sites excluding steroid dienone is 3. The first-order valence-corrected chi connectivity index (χ1v) is 9.08. The molecule has 0 saturated heterocycles. The molecule has 132 valence electrons. The zero-order valence-electron chi connectivity index (χ0n) is 14.8. The Labute approximate surface area is 149 Å². The maximum atomic E-state index is 12.4. The largest absolute Gasteiger partial charge is 0.355 e.